The number of amides is 1. The summed E-state index contributed by atoms with van der Waals surface area (Å²) in [7, 11) is 1.35. The minimum Gasteiger partial charge on any atom is -0.467 e. The second-order valence-electron chi connectivity index (χ2n) is 7.59. The van der Waals surface area contributed by atoms with Gasteiger partial charge in [0.25, 0.3) is 5.91 Å². The standard InChI is InChI=1S/C25H25NO3/c1-29-25(28)23(16-17-13-14-18-7-2-3-9-20(18)15-17)26-24(27)22-12-6-10-19-8-4-5-11-21(19)22/h2-3,6-7,9-10,12-15,23H,4-5,8,11,16H2,1H3,(H,26,27)/t23-/m0/s1. The van der Waals surface area contributed by atoms with Crippen molar-refractivity contribution in [3.05, 3.63) is 82.9 Å². The highest BCUT2D eigenvalue weighted by molar-refractivity contribution is 5.98. The summed E-state index contributed by atoms with van der Waals surface area (Å²) in [4.78, 5) is 25.4. The van der Waals surface area contributed by atoms with Crippen LogP contribution in [0.15, 0.2) is 60.7 Å². The number of fused-ring (bicyclic) bond motifs is 2. The van der Waals surface area contributed by atoms with Crippen molar-refractivity contribution in [2.24, 2.45) is 0 Å². The number of carbonyl (C=O) groups is 2. The van der Waals surface area contributed by atoms with E-state index in [4.69, 9.17) is 4.74 Å². The van der Waals surface area contributed by atoms with Gasteiger partial charge in [0.15, 0.2) is 0 Å². The molecule has 4 heteroatoms. The van der Waals surface area contributed by atoms with Gasteiger partial charge in [-0.2, -0.15) is 0 Å². The van der Waals surface area contributed by atoms with Crippen molar-refractivity contribution in [2.75, 3.05) is 7.11 Å². The molecule has 0 unspecified atom stereocenters. The summed E-state index contributed by atoms with van der Waals surface area (Å²) in [6.07, 6.45) is 4.55. The molecule has 3 aromatic carbocycles. The van der Waals surface area contributed by atoms with Gasteiger partial charge in [-0.15, -0.1) is 0 Å². The molecule has 1 aliphatic carbocycles. The maximum atomic E-state index is 13.0. The molecule has 1 atom stereocenters. The van der Waals surface area contributed by atoms with Gasteiger partial charge >= 0.3 is 5.97 Å². The van der Waals surface area contributed by atoms with Crippen LogP contribution in [0.4, 0.5) is 0 Å². The Labute approximate surface area is 170 Å². The first kappa shape index (κ1) is 19.2. The van der Waals surface area contributed by atoms with E-state index in [1.807, 2.05) is 42.5 Å². The monoisotopic (exact) mass is 387 g/mol. The van der Waals surface area contributed by atoms with Crippen LogP contribution in [0.5, 0.6) is 0 Å². The van der Waals surface area contributed by atoms with Crippen molar-refractivity contribution in [3.8, 4) is 0 Å². The van der Waals surface area contributed by atoms with E-state index in [1.54, 1.807) is 0 Å². The molecule has 0 aromatic heterocycles. The molecule has 0 aliphatic heterocycles. The van der Waals surface area contributed by atoms with Crippen LogP contribution in [0.2, 0.25) is 0 Å². The van der Waals surface area contributed by atoms with Crippen molar-refractivity contribution in [1.82, 2.24) is 5.32 Å². The van der Waals surface area contributed by atoms with Gasteiger partial charge in [0.05, 0.1) is 7.11 Å². The summed E-state index contributed by atoms with van der Waals surface area (Å²) in [5.74, 6) is -0.642. The zero-order valence-corrected chi connectivity index (χ0v) is 16.6. The van der Waals surface area contributed by atoms with Gasteiger partial charge in [-0.25, -0.2) is 4.79 Å². The Hall–Kier alpha value is -3.14. The molecular weight excluding hydrogens is 362 g/mol. The zero-order valence-electron chi connectivity index (χ0n) is 16.6. The van der Waals surface area contributed by atoms with Crippen LogP contribution in [-0.4, -0.2) is 25.0 Å². The molecule has 0 heterocycles. The van der Waals surface area contributed by atoms with E-state index in [1.165, 1.54) is 12.7 Å². The van der Waals surface area contributed by atoms with Gasteiger partial charge in [-0.3, -0.25) is 4.79 Å². The highest BCUT2D eigenvalue weighted by atomic mass is 16.5. The molecule has 4 nitrogen and oxygen atoms in total. The maximum absolute atomic E-state index is 13.0. The average molecular weight is 387 g/mol. The lowest BCUT2D eigenvalue weighted by Gasteiger charge is -2.21. The summed E-state index contributed by atoms with van der Waals surface area (Å²) in [6, 6.07) is 19.3. The number of hydrogen-bond donors (Lipinski definition) is 1. The van der Waals surface area contributed by atoms with Crippen molar-refractivity contribution in [2.45, 2.75) is 38.1 Å². The summed E-state index contributed by atoms with van der Waals surface area (Å²) in [5.41, 5.74) is 4.02. The van der Waals surface area contributed by atoms with Crippen LogP contribution in [0.25, 0.3) is 10.8 Å². The molecule has 0 spiro atoms. The van der Waals surface area contributed by atoms with E-state index in [0.717, 1.165) is 47.6 Å². The minimum absolute atomic E-state index is 0.208. The van der Waals surface area contributed by atoms with Crippen molar-refractivity contribution in [3.63, 3.8) is 0 Å². The number of aryl methyl sites for hydroxylation is 1. The fourth-order valence-corrected chi connectivity index (χ4v) is 4.17. The quantitative estimate of drug-likeness (QED) is 0.667. The fraction of sp³-hybridized carbons (Fsp3) is 0.280. The number of hydrogen-bond acceptors (Lipinski definition) is 3. The van der Waals surface area contributed by atoms with Crippen LogP contribution in [0, 0.1) is 0 Å². The lowest BCUT2D eigenvalue weighted by atomic mass is 9.88. The van der Waals surface area contributed by atoms with Crippen LogP contribution >= 0.6 is 0 Å². The van der Waals surface area contributed by atoms with Crippen molar-refractivity contribution >= 4 is 22.6 Å². The number of carbonyl (C=O) groups excluding carboxylic acids is 2. The number of ether oxygens (including phenoxy) is 1. The number of benzene rings is 3. The molecule has 0 bridgehead atoms. The van der Waals surface area contributed by atoms with Gasteiger partial charge < -0.3 is 10.1 Å². The summed E-state index contributed by atoms with van der Waals surface area (Å²) < 4.78 is 4.97. The second-order valence-corrected chi connectivity index (χ2v) is 7.59. The molecule has 1 amide bonds. The van der Waals surface area contributed by atoms with Crippen LogP contribution < -0.4 is 5.32 Å². The van der Waals surface area contributed by atoms with Crippen molar-refractivity contribution in [1.29, 1.82) is 0 Å². The van der Waals surface area contributed by atoms with E-state index < -0.39 is 12.0 Å². The molecule has 3 aromatic rings. The zero-order chi connectivity index (χ0) is 20.2. The first-order valence-electron chi connectivity index (χ1n) is 10.1. The third-order valence-electron chi connectivity index (χ3n) is 5.69. The SMILES string of the molecule is COC(=O)[C@H](Cc1ccc2ccccc2c1)NC(=O)c1cccc2c1CCCC2. The molecule has 4 rings (SSSR count). The van der Waals surface area contributed by atoms with Crippen LogP contribution in [0.1, 0.15) is 39.9 Å². The molecule has 148 valence electrons. The first-order chi connectivity index (χ1) is 14.2. The van der Waals surface area contributed by atoms with Gasteiger partial charge in [-0.05, 0) is 59.2 Å². The van der Waals surface area contributed by atoms with E-state index >= 15 is 0 Å². The highest BCUT2D eigenvalue weighted by Crippen LogP contribution is 2.25. The normalized spacial score (nSPS) is 14.1. The van der Waals surface area contributed by atoms with E-state index in [9.17, 15) is 9.59 Å². The number of methoxy groups -OCH3 is 1. The van der Waals surface area contributed by atoms with Crippen LogP contribution in [-0.2, 0) is 28.8 Å². The largest absolute Gasteiger partial charge is 0.467 e. The predicted molar refractivity (Wildman–Crippen MR) is 114 cm³/mol. The highest BCUT2D eigenvalue weighted by Gasteiger charge is 2.25. The molecular formula is C25H25NO3. The Morgan fingerprint density at radius 1 is 0.966 bits per heavy atom. The molecule has 1 aliphatic rings. The van der Waals surface area contributed by atoms with Gasteiger partial charge in [-0.1, -0.05) is 54.6 Å². The number of rotatable bonds is 5. The lowest BCUT2D eigenvalue weighted by molar-refractivity contribution is -0.142. The number of esters is 1. The molecule has 1 N–H and O–H groups in total. The lowest BCUT2D eigenvalue weighted by Crippen LogP contribution is -2.43. The van der Waals surface area contributed by atoms with E-state index in [0.29, 0.717) is 12.0 Å². The molecule has 0 radical (unpaired) electrons. The Kier molecular flexibility index (Phi) is 5.61. The topological polar surface area (TPSA) is 55.4 Å². The van der Waals surface area contributed by atoms with Crippen LogP contribution in [0.3, 0.4) is 0 Å². The Bertz CT molecular complexity index is 1060. The summed E-state index contributed by atoms with van der Waals surface area (Å²) in [6.45, 7) is 0. The Morgan fingerprint density at radius 3 is 2.59 bits per heavy atom. The second kappa shape index (κ2) is 8.48. The van der Waals surface area contributed by atoms with Crippen molar-refractivity contribution < 1.29 is 14.3 Å². The third kappa shape index (κ3) is 4.16. The maximum Gasteiger partial charge on any atom is 0.328 e. The molecule has 0 saturated heterocycles. The predicted octanol–water partition coefficient (Wildman–Crippen LogP) is 4.23. The Morgan fingerprint density at radius 2 is 1.76 bits per heavy atom. The van der Waals surface area contributed by atoms with E-state index in [-0.39, 0.29) is 5.91 Å². The van der Waals surface area contributed by atoms with E-state index in [2.05, 4.69) is 23.5 Å². The number of nitrogens with one attached hydrogen (secondary N) is 1. The molecule has 29 heavy (non-hydrogen) atoms. The smallest absolute Gasteiger partial charge is 0.328 e. The first-order valence-corrected chi connectivity index (χ1v) is 10.1. The minimum atomic E-state index is -0.729. The Balaban J connectivity index is 1.57. The molecule has 0 saturated carbocycles. The molecule has 0 fully saturated rings. The summed E-state index contributed by atoms with van der Waals surface area (Å²) in [5, 5.41) is 5.17. The van der Waals surface area contributed by atoms with Gasteiger partial charge in [0.1, 0.15) is 6.04 Å². The summed E-state index contributed by atoms with van der Waals surface area (Å²) >= 11 is 0. The van der Waals surface area contributed by atoms with Gasteiger partial charge in [0.2, 0.25) is 0 Å². The fourth-order valence-electron chi connectivity index (χ4n) is 4.17. The van der Waals surface area contributed by atoms with Gasteiger partial charge in [0, 0.05) is 12.0 Å². The average Bonchev–Trinajstić information content (AvgIpc) is 2.77. The third-order valence-corrected chi connectivity index (χ3v) is 5.69.